The minimum absolute atomic E-state index is 0.211. The molecule has 1 heterocycles. The van der Waals surface area contributed by atoms with Crippen LogP contribution in [0.15, 0.2) is 12.1 Å². The van der Waals surface area contributed by atoms with Gasteiger partial charge in [-0.25, -0.2) is 0 Å². The van der Waals surface area contributed by atoms with E-state index in [1.807, 2.05) is 12.1 Å². The molecule has 118 valence electrons. The maximum atomic E-state index is 10.3. The molecule has 21 heavy (non-hydrogen) atoms. The van der Waals surface area contributed by atoms with Crippen molar-refractivity contribution in [2.75, 3.05) is 13.9 Å². The molecular weight excluding hydrogens is 268 g/mol. The normalized spacial score (nSPS) is 14.2. The Morgan fingerprint density at radius 2 is 1.90 bits per heavy atom. The number of rotatable bonds is 9. The summed E-state index contributed by atoms with van der Waals surface area (Å²) in [6.07, 6.45) is 7.64. The molecule has 4 nitrogen and oxygen atoms in total. The molecule has 4 heteroatoms. The van der Waals surface area contributed by atoms with Crippen LogP contribution >= 0.6 is 0 Å². The summed E-state index contributed by atoms with van der Waals surface area (Å²) in [7, 11) is 1.60. The third-order valence-corrected chi connectivity index (χ3v) is 3.90. The summed E-state index contributed by atoms with van der Waals surface area (Å²) >= 11 is 0. The van der Waals surface area contributed by atoms with Crippen LogP contribution in [0.3, 0.4) is 0 Å². The zero-order valence-electron chi connectivity index (χ0n) is 13.1. The van der Waals surface area contributed by atoms with Crippen molar-refractivity contribution < 1.29 is 19.3 Å². The van der Waals surface area contributed by atoms with E-state index in [0.29, 0.717) is 17.2 Å². The van der Waals surface area contributed by atoms with Gasteiger partial charge in [-0.3, -0.25) is 0 Å². The largest absolute Gasteiger partial charge is 0.493 e. The zero-order chi connectivity index (χ0) is 15.1. The summed E-state index contributed by atoms with van der Waals surface area (Å²) in [6, 6.07) is 3.70. The van der Waals surface area contributed by atoms with E-state index < -0.39 is 6.10 Å². The Balaban J connectivity index is 1.86. The molecule has 0 amide bonds. The fraction of sp³-hybridized carbons (Fsp3) is 0.647. The van der Waals surface area contributed by atoms with Crippen molar-refractivity contribution in [3.63, 3.8) is 0 Å². The van der Waals surface area contributed by atoms with E-state index in [1.54, 1.807) is 7.11 Å². The molecule has 0 saturated carbocycles. The van der Waals surface area contributed by atoms with Crippen LogP contribution in [0.5, 0.6) is 17.2 Å². The van der Waals surface area contributed by atoms with Gasteiger partial charge in [0.05, 0.1) is 13.2 Å². The lowest BCUT2D eigenvalue weighted by atomic mass is 10.0. The van der Waals surface area contributed by atoms with E-state index >= 15 is 0 Å². The van der Waals surface area contributed by atoms with Crippen LogP contribution in [0.4, 0.5) is 0 Å². The third kappa shape index (κ3) is 4.27. The highest BCUT2D eigenvalue weighted by atomic mass is 16.7. The van der Waals surface area contributed by atoms with Gasteiger partial charge in [0, 0.05) is 0 Å². The molecule has 0 fully saturated rings. The van der Waals surface area contributed by atoms with Crippen molar-refractivity contribution in [1.29, 1.82) is 0 Å². The summed E-state index contributed by atoms with van der Waals surface area (Å²) in [6.45, 7) is 2.43. The van der Waals surface area contributed by atoms with Crippen molar-refractivity contribution in [2.24, 2.45) is 0 Å². The molecule has 2 rings (SSSR count). The van der Waals surface area contributed by atoms with Crippen LogP contribution in [-0.4, -0.2) is 19.0 Å². The van der Waals surface area contributed by atoms with Crippen molar-refractivity contribution >= 4 is 0 Å². The Morgan fingerprint density at radius 3 is 2.67 bits per heavy atom. The van der Waals surface area contributed by atoms with Gasteiger partial charge >= 0.3 is 0 Å². The standard InChI is InChI=1S/C17H26O4/c1-3-4-5-6-7-8-9-14(18)13-10-15(19-2)17-16(11-13)20-12-21-17/h10-11,14,18H,3-9,12H2,1-2H3. The monoisotopic (exact) mass is 294 g/mol. The molecule has 1 aromatic rings. The first kappa shape index (κ1) is 16.0. The third-order valence-electron chi connectivity index (χ3n) is 3.90. The van der Waals surface area contributed by atoms with E-state index in [-0.39, 0.29) is 6.79 Å². The zero-order valence-corrected chi connectivity index (χ0v) is 13.1. The number of hydrogen-bond donors (Lipinski definition) is 1. The number of unbranched alkanes of at least 4 members (excludes halogenated alkanes) is 5. The summed E-state index contributed by atoms with van der Waals surface area (Å²) < 4.78 is 16.1. The van der Waals surface area contributed by atoms with Crippen molar-refractivity contribution in [1.82, 2.24) is 0 Å². The van der Waals surface area contributed by atoms with Gasteiger partial charge in [-0.15, -0.1) is 0 Å². The average Bonchev–Trinajstić information content (AvgIpc) is 2.97. The maximum absolute atomic E-state index is 10.3. The first-order valence-corrected chi connectivity index (χ1v) is 7.91. The SMILES string of the molecule is CCCCCCCCC(O)c1cc(OC)c2c(c1)OCO2. The smallest absolute Gasteiger partial charge is 0.231 e. The first-order valence-electron chi connectivity index (χ1n) is 7.91. The maximum Gasteiger partial charge on any atom is 0.231 e. The van der Waals surface area contributed by atoms with Gasteiger partial charge in [-0.1, -0.05) is 45.4 Å². The van der Waals surface area contributed by atoms with Gasteiger partial charge < -0.3 is 19.3 Å². The number of aliphatic hydroxyl groups excluding tert-OH is 1. The van der Waals surface area contributed by atoms with Crippen molar-refractivity contribution in [2.45, 2.75) is 58.0 Å². The topological polar surface area (TPSA) is 47.9 Å². The number of fused-ring (bicyclic) bond motifs is 1. The molecule has 0 aliphatic carbocycles. The van der Waals surface area contributed by atoms with Crippen molar-refractivity contribution in [3.05, 3.63) is 17.7 Å². The first-order chi connectivity index (χ1) is 10.3. The molecule has 1 atom stereocenters. The van der Waals surface area contributed by atoms with E-state index in [2.05, 4.69) is 6.92 Å². The molecule has 0 bridgehead atoms. The van der Waals surface area contributed by atoms with Gasteiger partial charge in [0.25, 0.3) is 0 Å². The van der Waals surface area contributed by atoms with Crippen LogP contribution in [-0.2, 0) is 0 Å². The van der Waals surface area contributed by atoms with Gasteiger partial charge in [0.15, 0.2) is 11.5 Å². The predicted octanol–water partition coefficient (Wildman–Crippen LogP) is 4.21. The van der Waals surface area contributed by atoms with Gasteiger partial charge in [-0.05, 0) is 24.1 Å². The Labute approximate surface area is 127 Å². The lowest BCUT2D eigenvalue weighted by Gasteiger charge is -2.13. The number of methoxy groups -OCH3 is 1. The van der Waals surface area contributed by atoms with Crippen LogP contribution in [0.2, 0.25) is 0 Å². The Hall–Kier alpha value is -1.42. The van der Waals surface area contributed by atoms with Crippen LogP contribution < -0.4 is 14.2 Å². The van der Waals surface area contributed by atoms with Crippen LogP contribution in [0.25, 0.3) is 0 Å². The molecule has 1 aliphatic heterocycles. The fourth-order valence-electron chi connectivity index (χ4n) is 2.63. The van der Waals surface area contributed by atoms with Crippen LogP contribution in [0, 0.1) is 0 Å². The minimum atomic E-state index is -0.473. The highest BCUT2D eigenvalue weighted by molar-refractivity contribution is 5.55. The Bertz CT molecular complexity index is 445. The number of benzene rings is 1. The quantitative estimate of drug-likeness (QED) is 0.693. The molecular formula is C17H26O4. The molecule has 0 aromatic heterocycles. The summed E-state index contributed by atoms with van der Waals surface area (Å²) in [5.74, 6) is 1.92. The van der Waals surface area contributed by atoms with E-state index in [0.717, 1.165) is 18.4 Å². The van der Waals surface area contributed by atoms with E-state index in [4.69, 9.17) is 14.2 Å². The minimum Gasteiger partial charge on any atom is -0.493 e. The number of hydrogen-bond acceptors (Lipinski definition) is 4. The second kappa shape index (κ2) is 8.13. The summed E-state index contributed by atoms with van der Waals surface area (Å²) in [5.41, 5.74) is 0.838. The second-order valence-electron chi connectivity index (χ2n) is 5.53. The molecule has 0 saturated heterocycles. The Morgan fingerprint density at radius 1 is 1.14 bits per heavy atom. The lowest BCUT2D eigenvalue weighted by molar-refractivity contribution is 0.162. The van der Waals surface area contributed by atoms with E-state index in [1.165, 1.54) is 32.1 Å². The number of ether oxygens (including phenoxy) is 3. The van der Waals surface area contributed by atoms with Gasteiger partial charge in [0.1, 0.15) is 0 Å². The number of aliphatic hydroxyl groups is 1. The highest BCUT2D eigenvalue weighted by Crippen LogP contribution is 2.43. The molecule has 0 radical (unpaired) electrons. The molecule has 1 unspecified atom stereocenters. The Kier molecular flexibility index (Phi) is 6.18. The van der Waals surface area contributed by atoms with Gasteiger partial charge in [-0.2, -0.15) is 0 Å². The second-order valence-corrected chi connectivity index (χ2v) is 5.53. The molecule has 1 N–H and O–H groups in total. The van der Waals surface area contributed by atoms with Crippen LogP contribution in [0.1, 0.15) is 63.5 Å². The average molecular weight is 294 g/mol. The summed E-state index contributed by atoms with van der Waals surface area (Å²) in [5, 5.41) is 10.3. The lowest BCUT2D eigenvalue weighted by Crippen LogP contribution is -1.99. The highest BCUT2D eigenvalue weighted by Gasteiger charge is 2.22. The molecule has 1 aromatic carbocycles. The summed E-state index contributed by atoms with van der Waals surface area (Å²) in [4.78, 5) is 0. The fourth-order valence-corrected chi connectivity index (χ4v) is 2.63. The van der Waals surface area contributed by atoms with Gasteiger partial charge in [0.2, 0.25) is 12.5 Å². The molecule has 0 spiro atoms. The van der Waals surface area contributed by atoms with Crippen molar-refractivity contribution in [3.8, 4) is 17.2 Å². The predicted molar refractivity (Wildman–Crippen MR) is 82.1 cm³/mol. The molecule has 1 aliphatic rings. The van der Waals surface area contributed by atoms with E-state index in [9.17, 15) is 5.11 Å².